The summed E-state index contributed by atoms with van der Waals surface area (Å²) in [5, 5.41) is 3.44. The average Bonchev–Trinajstić information content (AvgIpc) is 2.64. The Balaban J connectivity index is 1.98. The van der Waals surface area contributed by atoms with Crippen LogP contribution in [-0.2, 0) is 0 Å². The van der Waals surface area contributed by atoms with Crippen LogP contribution >= 0.6 is 0 Å². The van der Waals surface area contributed by atoms with Crippen LogP contribution in [0.1, 0.15) is 64.5 Å². The molecule has 1 fully saturated rings. The molecule has 3 heteroatoms. The van der Waals surface area contributed by atoms with Gasteiger partial charge in [-0.3, -0.25) is 0 Å². The average molecular weight is 295 g/mol. The van der Waals surface area contributed by atoms with Crippen molar-refractivity contribution in [3.05, 3.63) is 35.4 Å². The minimum Gasteiger partial charge on any atom is -0.307 e. The summed E-state index contributed by atoms with van der Waals surface area (Å²) in [5.74, 6) is 0.606. The van der Waals surface area contributed by atoms with Gasteiger partial charge in [0.1, 0.15) is 11.6 Å². The highest BCUT2D eigenvalue weighted by molar-refractivity contribution is 5.22. The van der Waals surface area contributed by atoms with Crippen LogP contribution in [0, 0.1) is 23.5 Å². The van der Waals surface area contributed by atoms with Gasteiger partial charge in [-0.25, -0.2) is 8.78 Å². The number of benzene rings is 1. The molecule has 1 nitrogen and oxygen atoms in total. The first-order valence-corrected chi connectivity index (χ1v) is 8.19. The van der Waals surface area contributed by atoms with Gasteiger partial charge in [0.15, 0.2) is 0 Å². The fraction of sp³-hybridized carbons (Fsp3) is 0.667. The van der Waals surface area contributed by atoms with Crippen LogP contribution < -0.4 is 5.32 Å². The van der Waals surface area contributed by atoms with Crippen molar-refractivity contribution in [2.45, 2.75) is 65.0 Å². The van der Waals surface area contributed by atoms with Crippen LogP contribution in [0.3, 0.4) is 0 Å². The number of nitrogens with one attached hydrogen (secondary N) is 1. The second kappa shape index (κ2) is 7.35. The molecule has 1 aliphatic rings. The number of hydrogen-bond donors (Lipinski definition) is 1. The molecular formula is C18H27F2N. The molecule has 0 heterocycles. The Hall–Kier alpha value is -0.960. The summed E-state index contributed by atoms with van der Waals surface area (Å²) in [6, 6.07) is 4.16. The number of halogens is 2. The van der Waals surface area contributed by atoms with Crippen molar-refractivity contribution in [1.29, 1.82) is 0 Å². The van der Waals surface area contributed by atoms with Crippen LogP contribution in [0.15, 0.2) is 18.2 Å². The molecule has 1 saturated carbocycles. The zero-order chi connectivity index (χ0) is 15.4. The molecule has 0 saturated heterocycles. The van der Waals surface area contributed by atoms with Crippen molar-refractivity contribution in [3.63, 3.8) is 0 Å². The molecule has 2 rings (SSSR count). The van der Waals surface area contributed by atoms with Crippen molar-refractivity contribution >= 4 is 0 Å². The van der Waals surface area contributed by atoms with Gasteiger partial charge in [-0.1, -0.05) is 32.8 Å². The van der Waals surface area contributed by atoms with E-state index < -0.39 is 11.6 Å². The normalized spacial score (nSPS) is 24.9. The van der Waals surface area contributed by atoms with E-state index in [0.717, 1.165) is 24.7 Å². The second-order valence-corrected chi connectivity index (χ2v) is 6.73. The van der Waals surface area contributed by atoms with E-state index in [4.69, 9.17) is 0 Å². The summed E-state index contributed by atoms with van der Waals surface area (Å²) in [6.45, 7) is 6.43. The third-order valence-electron chi connectivity index (χ3n) is 4.87. The van der Waals surface area contributed by atoms with Crippen LogP contribution in [0.25, 0.3) is 0 Å². The molecule has 21 heavy (non-hydrogen) atoms. The molecule has 118 valence electrons. The van der Waals surface area contributed by atoms with Crippen molar-refractivity contribution in [2.75, 3.05) is 0 Å². The highest BCUT2D eigenvalue weighted by Crippen LogP contribution is 2.30. The molecule has 0 amide bonds. The van der Waals surface area contributed by atoms with E-state index in [9.17, 15) is 8.78 Å². The Bertz CT molecular complexity index is 438. The maximum absolute atomic E-state index is 13.8. The fourth-order valence-electron chi connectivity index (χ4n) is 3.52. The Morgan fingerprint density at radius 3 is 2.29 bits per heavy atom. The first-order valence-electron chi connectivity index (χ1n) is 8.19. The summed E-state index contributed by atoms with van der Waals surface area (Å²) < 4.78 is 27.6. The van der Waals surface area contributed by atoms with E-state index in [1.165, 1.54) is 37.5 Å². The summed E-state index contributed by atoms with van der Waals surface area (Å²) in [5.41, 5.74) is 0.169. The second-order valence-electron chi connectivity index (χ2n) is 6.73. The predicted molar refractivity (Wildman–Crippen MR) is 83.1 cm³/mol. The van der Waals surface area contributed by atoms with Gasteiger partial charge in [0.25, 0.3) is 0 Å². The zero-order valence-electron chi connectivity index (χ0n) is 13.3. The molecule has 1 aliphatic carbocycles. The standard InChI is InChI=1S/C18H27F2N/c1-12(2)14-6-4-7-15(11-10-14)21-13(3)18-16(19)8-5-9-17(18)20/h5,8-9,12-15,21H,4,6-7,10-11H2,1-3H3. The lowest BCUT2D eigenvalue weighted by atomic mass is 9.89. The summed E-state index contributed by atoms with van der Waals surface area (Å²) in [4.78, 5) is 0. The summed E-state index contributed by atoms with van der Waals surface area (Å²) in [6.07, 6.45) is 5.89. The monoisotopic (exact) mass is 295 g/mol. The van der Waals surface area contributed by atoms with Crippen LogP contribution in [0.2, 0.25) is 0 Å². The Kier molecular flexibility index (Phi) is 5.74. The zero-order valence-corrected chi connectivity index (χ0v) is 13.3. The largest absolute Gasteiger partial charge is 0.307 e. The highest BCUT2D eigenvalue weighted by Gasteiger charge is 2.24. The van der Waals surface area contributed by atoms with E-state index in [1.807, 2.05) is 6.92 Å². The molecule has 0 spiro atoms. The van der Waals surface area contributed by atoms with E-state index in [2.05, 4.69) is 19.2 Å². The van der Waals surface area contributed by atoms with Gasteiger partial charge < -0.3 is 5.32 Å². The van der Waals surface area contributed by atoms with E-state index in [1.54, 1.807) is 0 Å². The van der Waals surface area contributed by atoms with Crippen LogP contribution in [-0.4, -0.2) is 6.04 Å². The van der Waals surface area contributed by atoms with Gasteiger partial charge in [0.05, 0.1) is 0 Å². The van der Waals surface area contributed by atoms with Crippen LogP contribution in [0.5, 0.6) is 0 Å². The van der Waals surface area contributed by atoms with Gasteiger partial charge in [-0.2, -0.15) is 0 Å². The lowest BCUT2D eigenvalue weighted by molar-refractivity contribution is 0.334. The van der Waals surface area contributed by atoms with E-state index in [0.29, 0.717) is 6.04 Å². The van der Waals surface area contributed by atoms with Gasteiger partial charge in [-0.05, 0) is 50.2 Å². The third-order valence-corrected chi connectivity index (χ3v) is 4.87. The van der Waals surface area contributed by atoms with Crippen molar-refractivity contribution in [1.82, 2.24) is 5.32 Å². The van der Waals surface area contributed by atoms with Gasteiger partial charge in [0.2, 0.25) is 0 Å². The lowest BCUT2D eigenvalue weighted by Gasteiger charge is -2.23. The van der Waals surface area contributed by atoms with Gasteiger partial charge in [-0.15, -0.1) is 0 Å². The Labute approximate surface area is 127 Å². The molecule has 1 aromatic rings. The first-order chi connectivity index (χ1) is 9.99. The highest BCUT2D eigenvalue weighted by atomic mass is 19.1. The fourth-order valence-corrected chi connectivity index (χ4v) is 3.52. The minimum absolute atomic E-state index is 0.169. The molecule has 1 N–H and O–H groups in total. The molecule has 0 aliphatic heterocycles. The quantitative estimate of drug-likeness (QED) is 0.751. The molecule has 1 aromatic carbocycles. The molecule has 0 aromatic heterocycles. The first kappa shape index (κ1) is 16.4. The van der Waals surface area contributed by atoms with Crippen molar-refractivity contribution in [3.8, 4) is 0 Å². The van der Waals surface area contributed by atoms with Crippen LogP contribution in [0.4, 0.5) is 8.78 Å². The number of hydrogen-bond acceptors (Lipinski definition) is 1. The minimum atomic E-state index is -0.455. The smallest absolute Gasteiger partial charge is 0.130 e. The summed E-state index contributed by atoms with van der Waals surface area (Å²) >= 11 is 0. The van der Waals surface area contributed by atoms with Gasteiger partial charge in [0, 0.05) is 17.6 Å². The molecule has 3 atom stereocenters. The Morgan fingerprint density at radius 1 is 1.00 bits per heavy atom. The SMILES string of the molecule is CC(NC1CCCC(C(C)C)CC1)c1c(F)cccc1F. The maximum Gasteiger partial charge on any atom is 0.130 e. The van der Waals surface area contributed by atoms with Gasteiger partial charge >= 0.3 is 0 Å². The maximum atomic E-state index is 13.8. The van der Waals surface area contributed by atoms with E-state index >= 15 is 0 Å². The molecular weight excluding hydrogens is 268 g/mol. The third kappa shape index (κ3) is 4.26. The lowest BCUT2D eigenvalue weighted by Crippen LogP contribution is -2.32. The van der Waals surface area contributed by atoms with Crippen molar-refractivity contribution in [2.24, 2.45) is 11.8 Å². The number of rotatable bonds is 4. The molecule has 3 unspecified atom stereocenters. The van der Waals surface area contributed by atoms with Crippen molar-refractivity contribution < 1.29 is 8.78 Å². The molecule has 0 bridgehead atoms. The topological polar surface area (TPSA) is 12.0 Å². The summed E-state index contributed by atoms with van der Waals surface area (Å²) in [7, 11) is 0. The molecule has 0 radical (unpaired) electrons. The van der Waals surface area contributed by atoms with E-state index in [-0.39, 0.29) is 11.6 Å². The predicted octanol–water partition coefficient (Wildman–Crippen LogP) is 5.22. The Morgan fingerprint density at radius 2 is 1.67 bits per heavy atom.